The smallest absolute Gasteiger partial charge is 0.416 e. The van der Waals surface area contributed by atoms with Crippen LogP contribution in [0.4, 0.5) is 18.9 Å². The molecule has 1 N–H and O–H groups in total. The second-order valence-electron chi connectivity index (χ2n) is 6.60. The van der Waals surface area contributed by atoms with Crippen molar-refractivity contribution in [2.45, 2.75) is 31.3 Å². The van der Waals surface area contributed by atoms with Crippen molar-refractivity contribution in [3.8, 4) is 0 Å². The van der Waals surface area contributed by atoms with Gasteiger partial charge in [0.1, 0.15) is 0 Å². The Labute approximate surface area is 172 Å². The quantitative estimate of drug-likeness (QED) is 0.660. The number of hydrogen-bond donors (Lipinski definition) is 1. The predicted octanol–water partition coefficient (Wildman–Crippen LogP) is 3.67. The van der Waals surface area contributed by atoms with Gasteiger partial charge in [-0.25, -0.2) is 8.42 Å². The standard InChI is InChI=1S/C20H20F3NO5S/c1-13-6-7-17(10-14(13)2)30(27,28)9-8-19(26)29-12-18(25)24-16-5-3-4-15(11-16)20(21,22)23/h3-7,10-11H,8-9,12H2,1-2H3,(H,24,25). The SMILES string of the molecule is Cc1ccc(S(=O)(=O)CCC(=O)OCC(=O)Nc2cccc(C(F)(F)F)c2)cc1C. The van der Waals surface area contributed by atoms with Gasteiger partial charge in [-0.05, 0) is 55.3 Å². The zero-order valence-electron chi connectivity index (χ0n) is 16.2. The van der Waals surface area contributed by atoms with Crippen molar-refractivity contribution in [1.29, 1.82) is 0 Å². The molecule has 0 aliphatic rings. The molecule has 2 aromatic rings. The van der Waals surface area contributed by atoms with Crippen LogP contribution in [0, 0.1) is 13.8 Å². The summed E-state index contributed by atoms with van der Waals surface area (Å²) in [7, 11) is -3.71. The third kappa shape index (κ3) is 6.58. The lowest BCUT2D eigenvalue weighted by molar-refractivity contribution is -0.146. The van der Waals surface area contributed by atoms with Crippen molar-refractivity contribution in [2.75, 3.05) is 17.7 Å². The normalized spacial score (nSPS) is 11.8. The van der Waals surface area contributed by atoms with Crippen LogP contribution >= 0.6 is 0 Å². The fraction of sp³-hybridized carbons (Fsp3) is 0.300. The first kappa shape index (κ1) is 23.4. The van der Waals surface area contributed by atoms with Gasteiger partial charge in [0.05, 0.1) is 22.6 Å². The van der Waals surface area contributed by atoms with E-state index in [9.17, 15) is 31.2 Å². The Bertz CT molecular complexity index is 1050. The van der Waals surface area contributed by atoms with E-state index < -0.39 is 52.2 Å². The van der Waals surface area contributed by atoms with Gasteiger partial charge in [-0.3, -0.25) is 9.59 Å². The van der Waals surface area contributed by atoms with Crippen LogP contribution in [-0.4, -0.2) is 32.7 Å². The van der Waals surface area contributed by atoms with E-state index in [0.717, 1.165) is 29.3 Å². The molecular formula is C20H20F3NO5S. The summed E-state index contributed by atoms with van der Waals surface area (Å²) in [5, 5.41) is 2.19. The molecular weight excluding hydrogens is 423 g/mol. The van der Waals surface area contributed by atoms with Gasteiger partial charge in [0.25, 0.3) is 5.91 Å². The Morgan fingerprint density at radius 1 is 1.03 bits per heavy atom. The highest BCUT2D eigenvalue weighted by Gasteiger charge is 2.30. The van der Waals surface area contributed by atoms with E-state index in [1.165, 1.54) is 18.2 Å². The zero-order valence-corrected chi connectivity index (χ0v) is 17.1. The molecule has 0 saturated heterocycles. The number of carbonyl (C=O) groups is 2. The molecule has 2 rings (SSSR count). The molecule has 2 aromatic carbocycles. The summed E-state index contributed by atoms with van der Waals surface area (Å²) in [6, 6.07) is 8.61. The fourth-order valence-electron chi connectivity index (χ4n) is 2.43. The number of amides is 1. The summed E-state index contributed by atoms with van der Waals surface area (Å²) in [5.41, 5.74) is 0.682. The van der Waals surface area contributed by atoms with Crippen molar-refractivity contribution in [3.63, 3.8) is 0 Å². The molecule has 0 aliphatic heterocycles. The second kappa shape index (κ2) is 9.29. The van der Waals surface area contributed by atoms with E-state index >= 15 is 0 Å². The van der Waals surface area contributed by atoms with Gasteiger partial charge in [-0.2, -0.15) is 13.2 Å². The minimum absolute atomic E-state index is 0.0840. The Balaban J connectivity index is 1.85. The topological polar surface area (TPSA) is 89.5 Å². The van der Waals surface area contributed by atoms with Crippen molar-refractivity contribution < 1.29 is 35.9 Å². The Hall–Kier alpha value is -2.88. The minimum Gasteiger partial charge on any atom is -0.456 e. The summed E-state index contributed by atoms with van der Waals surface area (Å²) in [5.74, 6) is -2.26. The number of aryl methyl sites for hydroxylation is 2. The highest BCUT2D eigenvalue weighted by molar-refractivity contribution is 7.91. The largest absolute Gasteiger partial charge is 0.456 e. The summed E-state index contributed by atoms with van der Waals surface area (Å²) < 4.78 is 67.4. The number of anilines is 1. The Morgan fingerprint density at radius 3 is 2.37 bits per heavy atom. The average molecular weight is 443 g/mol. The summed E-state index contributed by atoms with van der Waals surface area (Å²) >= 11 is 0. The number of rotatable bonds is 7. The number of sulfone groups is 1. The van der Waals surface area contributed by atoms with Crippen LogP contribution in [0.5, 0.6) is 0 Å². The first-order valence-corrected chi connectivity index (χ1v) is 10.5. The number of halogens is 3. The first-order valence-electron chi connectivity index (χ1n) is 8.81. The van der Waals surface area contributed by atoms with Crippen LogP contribution < -0.4 is 5.32 Å². The maximum absolute atomic E-state index is 12.7. The number of ether oxygens (including phenoxy) is 1. The maximum Gasteiger partial charge on any atom is 0.416 e. The lowest BCUT2D eigenvalue weighted by Crippen LogP contribution is -2.22. The van der Waals surface area contributed by atoms with E-state index in [2.05, 4.69) is 5.32 Å². The molecule has 0 spiro atoms. The third-order valence-electron chi connectivity index (χ3n) is 4.25. The summed E-state index contributed by atoms with van der Waals surface area (Å²) in [4.78, 5) is 23.6. The monoisotopic (exact) mass is 443 g/mol. The van der Waals surface area contributed by atoms with E-state index in [0.29, 0.717) is 0 Å². The molecule has 0 aromatic heterocycles. The molecule has 0 radical (unpaired) electrons. The molecule has 0 unspecified atom stereocenters. The number of benzene rings is 2. The lowest BCUT2D eigenvalue weighted by Gasteiger charge is -2.10. The Kier molecular flexibility index (Phi) is 7.25. The number of esters is 1. The van der Waals surface area contributed by atoms with E-state index in [-0.39, 0.29) is 10.6 Å². The van der Waals surface area contributed by atoms with E-state index in [1.807, 2.05) is 6.92 Å². The van der Waals surface area contributed by atoms with Crippen LogP contribution in [0.3, 0.4) is 0 Å². The molecule has 0 aliphatic carbocycles. The molecule has 0 saturated carbocycles. The van der Waals surface area contributed by atoms with Gasteiger partial charge in [-0.15, -0.1) is 0 Å². The van der Waals surface area contributed by atoms with Gasteiger partial charge in [0.2, 0.25) is 0 Å². The predicted molar refractivity (Wildman–Crippen MR) is 104 cm³/mol. The van der Waals surface area contributed by atoms with Crippen molar-refractivity contribution in [1.82, 2.24) is 0 Å². The van der Waals surface area contributed by atoms with Gasteiger partial charge < -0.3 is 10.1 Å². The van der Waals surface area contributed by atoms with Crippen LogP contribution in [-0.2, 0) is 30.3 Å². The highest BCUT2D eigenvalue weighted by Crippen LogP contribution is 2.30. The zero-order chi connectivity index (χ0) is 22.5. The van der Waals surface area contributed by atoms with Crippen molar-refractivity contribution in [3.05, 3.63) is 59.2 Å². The van der Waals surface area contributed by atoms with E-state index in [1.54, 1.807) is 13.0 Å². The molecule has 10 heteroatoms. The van der Waals surface area contributed by atoms with Crippen LogP contribution in [0.15, 0.2) is 47.4 Å². The minimum atomic E-state index is -4.56. The number of nitrogens with one attached hydrogen (secondary N) is 1. The second-order valence-corrected chi connectivity index (χ2v) is 8.71. The van der Waals surface area contributed by atoms with E-state index in [4.69, 9.17) is 4.74 Å². The van der Waals surface area contributed by atoms with Gasteiger partial charge in [-0.1, -0.05) is 12.1 Å². The lowest BCUT2D eigenvalue weighted by atomic mass is 10.1. The third-order valence-corrected chi connectivity index (χ3v) is 5.96. The molecule has 0 atom stereocenters. The molecule has 30 heavy (non-hydrogen) atoms. The Morgan fingerprint density at radius 2 is 1.73 bits per heavy atom. The first-order chi connectivity index (χ1) is 13.9. The molecule has 162 valence electrons. The summed E-state index contributed by atoms with van der Waals surface area (Å²) in [6.45, 7) is 2.86. The number of hydrogen-bond acceptors (Lipinski definition) is 5. The maximum atomic E-state index is 12.7. The van der Waals surface area contributed by atoms with Gasteiger partial charge >= 0.3 is 12.1 Å². The van der Waals surface area contributed by atoms with Crippen LogP contribution in [0.25, 0.3) is 0 Å². The molecule has 6 nitrogen and oxygen atoms in total. The molecule has 0 bridgehead atoms. The van der Waals surface area contributed by atoms with Gasteiger partial charge in [0.15, 0.2) is 16.4 Å². The van der Waals surface area contributed by atoms with Crippen LogP contribution in [0.2, 0.25) is 0 Å². The van der Waals surface area contributed by atoms with Crippen LogP contribution in [0.1, 0.15) is 23.1 Å². The van der Waals surface area contributed by atoms with Gasteiger partial charge in [0, 0.05) is 5.69 Å². The summed E-state index contributed by atoms with van der Waals surface area (Å²) in [6.07, 6.45) is -5.03. The van der Waals surface area contributed by atoms with Crippen molar-refractivity contribution >= 4 is 27.4 Å². The molecule has 0 fully saturated rings. The number of alkyl halides is 3. The fourth-order valence-corrected chi connectivity index (χ4v) is 3.73. The average Bonchev–Trinajstić information content (AvgIpc) is 2.66. The highest BCUT2D eigenvalue weighted by atomic mass is 32.2. The molecule has 1 amide bonds. The van der Waals surface area contributed by atoms with Crippen molar-refractivity contribution in [2.24, 2.45) is 0 Å². The number of carbonyl (C=O) groups excluding carboxylic acids is 2. The molecule has 0 heterocycles.